The number of nitrogens with one attached hydrogen (secondary N) is 1. The molecular weight excluding hydrogens is 377 g/mol. The van der Waals surface area contributed by atoms with Crippen LogP contribution in [0.15, 0.2) is 66.0 Å². The smallest absolute Gasteiger partial charge is 0.0494 e. The van der Waals surface area contributed by atoms with Gasteiger partial charge in [0.25, 0.3) is 0 Å². The summed E-state index contributed by atoms with van der Waals surface area (Å²) in [4.78, 5) is 1.35. The van der Waals surface area contributed by atoms with Crippen molar-refractivity contribution in [3.05, 3.63) is 74.5 Å². The molecule has 3 rings (SSSR count). The largest absolute Gasteiger partial charge is 0.380 e. The van der Waals surface area contributed by atoms with E-state index in [0.29, 0.717) is 0 Å². The fourth-order valence-corrected chi connectivity index (χ4v) is 3.20. The Hall–Kier alpha value is -1.33. The molecule has 0 fully saturated rings. The first-order chi connectivity index (χ1) is 9.81. The number of halogens is 1. The summed E-state index contributed by atoms with van der Waals surface area (Å²) in [6.07, 6.45) is 0. The summed E-state index contributed by atoms with van der Waals surface area (Å²) < 4.78 is 1.26. The SMILES string of the molecule is Ic1ccc(NCc2cc(-c3ccccc3)cs2)cc1. The van der Waals surface area contributed by atoms with Crippen LogP contribution in [0.3, 0.4) is 0 Å². The van der Waals surface area contributed by atoms with Crippen molar-refractivity contribution < 1.29 is 0 Å². The van der Waals surface area contributed by atoms with Crippen LogP contribution >= 0.6 is 33.9 Å². The summed E-state index contributed by atoms with van der Waals surface area (Å²) in [5.74, 6) is 0. The number of hydrogen-bond donors (Lipinski definition) is 1. The van der Waals surface area contributed by atoms with Crippen LogP contribution in [0.1, 0.15) is 4.88 Å². The maximum Gasteiger partial charge on any atom is 0.0494 e. The van der Waals surface area contributed by atoms with Gasteiger partial charge in [-0.2, -0.15) is 0 Å². The highest BCUT2D eigenvalue weighted by atomic mass is 127. The van der Waals surface area contributed by atoms with Gasteiger partial charge in [-0.05, 0) is 69.4 Å². The number of rotatable bonds is 4. The maximum absolute atomic E-state index is 3.46. The van der Waals surface area contributed by atoms with Gasteiger partial charge < -0.3 is 5.32 Å². The molecule has 0 aliphatic heterocycles. The molecule has 20 heavy (non-hydrogen) atoms. The molecule has 0 amide bonds. The van der Waals surface area contributed by atoms with Crippen molar-refractivity contribution in [3.8, 4) is 11.1 Å². The van der Waals surface area contributed by atoms with E-state index >= 15 is 0 Å². The molecule has 0 saturated carbocycles. The van der Waals surface area contributed by atoms with Gasteiger partial charge >= 0.3 is 0 Å². The molecule has 0 bridgehead atoms. The number of benzene rings is 2. The minimum absolute atomic E-state index is 0.873. The molecule has 1 N–H and O–H groups in total. The third kappa shape index (κ3) is 3.41. The van der Waals surface area contributed by atoms with E-state index in [-0.39, 0.29) is 0 Å². The van der Waals surface area contributed by atoms with Crippen LogP contribution in [0.25, 0.3) is 11.1 Å². The standard InChI is InChI=1S/C17H14INS/c18-15-6-8-16(9-7-15)19-11-17-10-14(12-20-17)13-4-2-1-3-5-13/h1-10,12,19H,11H2. The van der Waals surface area contributed by atoms with Gasteiger partial charge in [0.1, 0.15) is 0 Å². The predicted octanol–water partition coefficient (Wildman–Crippen LogP) is 5.63. The molecule has 1 aromatic heterocycles. The Morgan fingerprint density at radius 2 is 1.65 bits per heavy atom. The minimum atomic E-state index is 0.873. The van der Waals surface area contributed by atoms with E-state index in [1.807, 2.05) is 0 Å². The average Bonchev–Trinajstić information content (AvgIpc) is 2.97. The zero-order chi connectivity index (χ0) is 13.8. The maximum atomic E-state index is 3.46. The molecule has 0 saturated heterocycles. The molecule has 1 nitrogen and oxygen atoms in total. The van der Waals surface area contributed by atoms with Crippen molar-refractivity contribution in [2.24, 2.45) is 0 Å². The Morgan fingerprint density at radius 3 is 2.40 bits per heavy atom. The van der Waals surface area contributed by atoms with E-state index in [4.69, 9.17) is 0 Å². The summed E-state index contributed by atoms with van der Waals surface area (Å²) >= 11 is 4.12. The zero-order valence-corrected chi connectivity index (χ0v) is 13.8. The topological polar surface area (TPSA) is 12.0 Å². The zero-order valence-electron chi connectivity index (χ0n) is 10.8. The van der Waals surface area contributed by atoms with Crippen LogP contribution in [0.2, 0.25) is 0 Å². The number of hydrogen-bond acceptors (Lipinski definition) is 2. The van der Waals surface area contributed by atoms with Crippen LogP contribution in [-0.4, -0.2) is 0 Å². The normalized spacial score (nSPS) is 10.4. The minimum Gasteiger partial charge on any atom is -0.380 e. The highest BCUT2D eigenvalue weighted by molar-refractivity contribution is 14.1. The van der Waals surface area contributed by atoms with E-state index in [0.717, 1.165) is 6.54 Å². The monoisotopic (exact) mass is 391 g/mol. The van der Waals surface area contributed by atoms with Crippen molar-refractivity contribution in [2.45, 2.75) is 6.54 Å². The molecule has 0 aliphatic rings. The second kappa shape index (κ2) is 6.41. The summed E-state index contributed by atoms with van der Waals surface area (Å²) in [6, 6.07) is 21.2. The first-order valence-corrected chi connectivity index (χ1v) is 8.39. The molecule has 0 atom stereocenters. The highest BCUT2D eigenvalue weighted by Gasteiger charge is 2.02. The molecular formula is C17H14INS. The first kappa shape index (κ1) is 13.6. The molecule has 0 radical (unpaired) electrons. The fourth-order valence-electron chi connectivity index (χ4n) is 2.01. The van der Waals surface area contributed by atoms with Crippen molar-refractivity contribution in [3.63, 3.8) is 0 Å². The van der Waals surface area contributed by atoms with Gasteiger partial charge in [0.15, 0.2) is 0 Å². The third-order valence-corrected chi connectivity index (χ3v) is 4.73. The highest BCUT2D eigenvalue weighted by Crippen LogP contribution is 2.26. The van der Waals surface area contributed by atoms with E-state index in [1.165, 1.54) is 25.3 Å². The Balaban J connectivity index is 1.67. The molecule has 3 aromatic rings. The van der Waals surface area contributed by atoms with E-state index in [2.05, 4.69) is 94.0 Å². The Morgan fingerprint density at radius 1 is 0.900 bits per heavy atom. The van der Waals surface area contributed by atoms with E-state index < -0.39 is 0 Å². The lowest BCUT2D eigenvalue weighted by Gasteiger charge is -2.04. The summed E-state index contributed by atoms with van der Waals surface area (Å²) in [5.41, 5.74) is 3.75. The predicted molar refractivity (Wildman–Crippen MR) is 96.2 cm³/mol. The van der Waals surface area contributed by atoms with Crippen LogP contribution in [-0.2, 0) is 6.54 Å². The molecule has 2 aromatic carbocycles. The van der Waals surface area contributed by atoms with Gasteiger partial charge in [0.05, 0.1) is 0 Å². The average molecular weight is 391 g/mol. The van der Waals surface area contributed by atoms with Crippen LogP contribution in [0.5, 0.6) is 0 Å². The molecule has 3 heteroatoms. The number of anilines is 1. The van der Waals surface area contributed by atoms with Crippen molar-refractivity contribution in [1.82, 2.24) is 0 Å². The van der Waals surface area contributed by atoms with Gasteiger partial charge in [0.2, 0.25) is 0 Å². The van der Waals surface area contributed by atoms with Gasteiger partial charge in [-0.3, -0.25) is 0 Å². The first-order valence-electron chi connectivity index (χ1n) is 6.43. The lowest BCUT2D eigenvalue weighted by atomic mass is 10.1. The Kier molecular flexibility index (Phi) is 4.38. The summed E-state index contributed by atoms with van der Waals surface area (Å²) in [5, 5.41) is 5.68. The molecule has 100 valence electrons. The lowest BCUT2D eigenvalue weighted by molar-refractivity contribution is 1.19. The molecule has 0 unspecified atom stereocenters. The number of thiophene rings is 1. The van der Waals surface area contributed by atoms with Gasteiger partial charge in [-0.25, -0.2) is 0 Å². The van der Waals surface area contributed by atoms with Crippen LogP contribution < -0.4 is 5.32 Å². The Labute approximate surface area is 136 Å². The van der Waals surface area contributed by atoms with E-state index in [1.54, 1.807) is 11.3 Å². The molecule has 0 spiro atoms. The fraction of sp³-hybridized carbons (Fsp3) is 0.0588. The van der Waals surface area contributed by atoms with Crippen molar-refractivity contribution in [2.75, 3.05) is 5.32 Å². The van der Waals surface area contributed by atoms with Crippen LogP contribution in [0.4, 0.5) is 5.69 Å². The van der Waals surface area contributed by atoms with Crippen LogP contribution in [0, 0.1) is 3.57 Å². The van der Waals surface area contributed by atoms with E-state index in [9.17, 15) is 0 Å². The van der Waals surface area contributed by atoms with Crippen molar-refractivity contribution >= 4 is 39.6 Å². The summed E-state index contributed by atoms with van der Waals surface area (Å²) in [7, 11) is 0. The quantitative estimate of drug-likeness (QED) is 0.569. The second-order valence-corrected chi connectivity index (χ2v) is 6.77. The molecule has 0 aliphatic carbocycles. The van der Waals surface area contributed by atoms with Gasteiger partial charge in [0, 0.05) is 20.7 Å². The van der Waals surface area contributed by atoms with Gasteiger partial charge in [-0.1, -0.05) is 30.3 Å². The van der Waals surface area contributed by atoms with Crippen molar-refractivity contribution in [1.29, 1.82) is 0 Å². The Bertz CT molecular complexity index is 674. The van der Waals surface area contributed by atoms with Gasteiger partial charge in [-0.15, -0.1) is 11.3 Å². The lowest BCUT2D eigenvalue weighted by Crippen LogP contribution is -1.96. The second-order valence-electron chi connectivity index (χ2n) is 4.53. The summed E-state index contributed by atoms with van der Waals surface area (Å²) in [6.45, 7) is 0.873. The third-order valence-electron chi connectivity index (χ3n) is 3.07. The molecule has 1 heterocycles.